The Balaban J connectivity index is 1.26. The molecule has 202 valence electrons. The number of carbonyl (C=O) groups excluding carboxylic acids is 2. The van der Waals surface area contributed by atoms with Crippen LogP contribution in [0.1, 0.15) is 24.1 Å². The van der Waals surface area contributed by atoms with E-state index in [0.29, 0.717) is 38.8 Å². The predicted octanol–water partition coefficient (Wildman–Crippen LogP) is 4.20. The van der Waals surface area contributed by atoms with E-state index in [1.165, 1.54) is 42.0 Å². The Morgan fingerprint density at radius 3 is 2.45 bits per heavy atom. The lowest BCUT2D eigenvalue weighted by molar-refractivity contribution is -0.202. The smallest absolute Gasteiger partial charge is 0.339 e. The molecule has 0 N–H and O–H groups in total. The van der Waals surface area contributed by atoms with Crippen molar-refractivity contribution in [2.24, 2.45) is 5.41 Å². The second-order valence-corrected chi connectivity index (χ2v) is 10.5. The Bertz CT molecular complexity index is 1700. The Hall–Kier alpha value is -4.48. The van der Waals surface area contributed by atoms with E-state index in [1.54, 1.807) is 24.5 Å². The second-order valence-electron chi connectivity index (χ2n) is 10.5. The van der Waals surface area contributed by atoms with E-state index in [2.05, 4.69) is 19.9 Å². The molecule has 3 aliphatic rings. The first kappa shape index (κ1) is 24.6. The Morgan fingerprint density at radius 1 is 1.00 bits per heavy atom. The van der Waals surface area contributed by atoms with Crippen molar-refractivity contribution in [2.75, 3.05) is 18.0 Å². The number of hydrogen-bond donors (Lipinski definition) is 0. The molecule has 1 spiro atoms. The number of alkyl halides is 3. The average molecular weight is 548 g/mol. The number of carbonyl (C=O) groups is 2. The van der Waals surface area contributed by atoms with Crippen molar-refractivity contribution in [1.82, 2.24) is 24.8 Å². The SMILES string of the molecule is O=C1N(Cc2ncc3cc(F)ccc3c2-c2cncnc2)c2cnccc2C12CN(C(=O)C1(C(F)(F)F)CC1)C2. The number of anilines is 1. The second kappa shape index (κ2) is 8.26. The lowest BCUT2D eigenvalue weighted by atomic mass is 9.74. The third-order valence-corrected chi connectivity index (χ3v) is 8.26. The van der Waals surface area contributed by atoms with Crippen LogP contribution in [0.25, 0.3) is 21.9 Å². The summed E-state index contributed by atoms with van der Waals surface area (Å²) in [7, 11) is 0. The summed E-state index contributed by atoms with van der Waals surface area (Å²) in [6, 6.07) is 6.00. The van der Waals surface area contributed by atoms with Crippen LogP contribution in [0.3, 0.4) is 0 Å². The monoisotopic (exact) mass is 548 g/mol. The molecule has 2 aliphatic heterocycles. The van der Waals surface area contributed by atoms with Crippen molar-refractivity contribution in [3.63, 3.8) is 0 Å². The van der Waals surface area contributed by atoms with Gasteiger partial charge < -0.3 is 9.80 Å². The van der Waals surface area contributed by atoms with Crippen molar-refractivity contribution in [2.45, 2.75) is 31.0 Å². The largest absolute Gasteiger partial charge is 0.403 e. The van der Waals surface area contributed by atoms with Gasteiger partial charge >= 0.3 is 6.18 Å². The molecular formula is C28H20F4N6O2. The lowest BCUT2D eigenvalue weighted by Gasteiger charge is -2.48. The van der Waals surface area contributed by atoms with Crippen LogP contribution < -0.4 is 4.90 Å². The summed E-state index contributed by atoms with van der Waals surface area (Å²) < 4.78 is 54.8. The Kier molecular flexibility index (Phi) is 5.07. The molecule has 0 radical (unpaired) electrons. The highest BCUT2D eigenvalue weighted by atomic mass is 19.4. The molecule has 1 aromatic carbocycles. The molecule has 12 heteroatoms. The molecule has 1 saturated heterocycles. The summed E-state index contributed by atoms with van der Waals surface area (Å²) in [6.07, 6.45) is 4.07. The van der Waals surface area contributed by atoms with Gasteiger partial charge in [0.2, 0.25) is 11.8 Å². The number of amides is 2. The van der Waals surface area contributed by atoms with E-state index in [0.717, 1.165) is 4.90 Å². The number of fused-ring (bicyclic) bond motifs is 3. The lowest BCUT2D eigenvalue weighted by Crippen LogP contribution is -2.67. The zero-order chi connectivity index (χ0) is 27.9. The molecule has 4 aromatic rings. The maximum absolute atomic E-state index is 14.0. The van der Waals surface area contributed by atoms with E-state index < -0.39 is 28.7 Å². The topological polar surface area (TPSA) is 92.2 Å². The maximum Gasteiger partial charge on any atom is 0.403 e. The Morgan fingerprint density at radius 2 is 1.75 bits per heavy atom. The summed E-state index contributed by atoms with van der Waals surface area (Å²) in [6.45, 7) is -0.267. The van der Waals surface area contributed by atoms with Gasteiger partial charge in [-0.25, -0.2) is 14.4 Å². The van der Waals surface area contributed by atoms with Crippen molar-refractivity contribution in [1.29, 1.82) is 0 Å². The molecule has 2 amide bonds. The highest BCUT2D eigenvalue weighted by Gasteiger charge is 2.72. The fraction of sp³-hybridized carbons (Fsp3) is 0.286. The minimum atomic E-state index is -4.62. The third-order valence-electron chi connectivity index (χ3n) is 8.26. The van der Waals surface area contributed by atoms with Gasteiger partial charge in [0, 0.05) is 54.4 Å². The van der Waals surface area contributed by atoms with E-state index in [9.17, 15) is 27.2 Å². The molecular weight excluding hydrogens is 528 g/mol. The zero-order valence-corrected chi connectivity index (χ0v) is 20.8. The molecule has 40 heavy (non-hydrogen) atoms. The standard InChI is InChI=1S/C28H20F4N6O2/c29-18-1-2-19-16(7-18)10-36-21(23(19)17-8-34-15-35-9-17)12-38-22-11-33-6-3-20(22)26(24(38)39)13-37(14-26)25(40)27(4-5-27)28(30,31)32/h1-3,6-11,15H,4-5,12-14H2. The molecule has 8 nitrogen and oxygen atoms in total. The van der Waals surface area contributed by atoms with E-state index in [4.69, 9.17) is 0 Å². The fourth-order valence-corrected chi connectivity index (χ4v) is 6.00. The van der Waals surface area contributed by atoms with Crippen LogP contribution >= 0.6 is 0 Å². The molecule has 1 saturated carbocycles. The number of aromatic nitrogens is 4. The van der Waals surface area contributed by atoms with Gasteiger partial charge in [0.1, 0.15) is 23.0 Å². The molecule has 7 rings (SSSR count). The summed E-state index contributed by atoms with van der Waals surface area (Å²) in [4.78, 5) is 46.4. The molecule has 0 atom stereocenters. The van der Waals surface area contributed by atoms with Crippen LogP contribution in [-0.2, 0) is 21.5 Å². The first-order valence-corrected chi connectivity index (χ1v) is 12.6. The summed E-state index contributed by atoms with van der Waals surface area (Å²) >= 11 is 0. The number of halogens is 4. The van der Waals surface area contributed by atoms with Gasteiger partial charge in [-0.1, -0.05) is 6.07 Å². The first-order chi connectivity index (χ1) is 19.1. The van der Waals surface area contributed by atoms with Crippen LogP contribution in [0.2, 0.25) is 0 Å². The number of rotatable bonds is 4. The first-order valence-electron chi connectivity index (χ1n) is 12.6. The van der Waals surface area contributed by atoms with Crippen LogP contribution in [0.15, 0.2) is 61.6 Å². The number of hydrogen-bond acceptors (Lipinski definition) is 6. The Labute approximate surface area is 224 Å². The van der Waals surface area contributed by atoms with Gasteiger partial charge in [0.05, 0.1) is 24.1 Å². The van der Waals surface area contributed by atoms with Gasteiger partial charge in [-0.15, -0.1) is 0 Å². The molecule has 2 fully saturated rings. The average Bonchev–Trinajstić information content (AvgIpc) is 3.70. The van der Waals surface area contributed by atoms with Crippen LogP contribution in [0.5, 0.6) is 0 Å². The van der Waals surface area contributed by atoms with Crippen LogP contribution in [0.4, 0.5) is 23.2 Å². The number of likely N-dealkylation sites (tertiary alicyclic amines) is 1. The molecule has 5 heterocycles. The van der Waals surface area contributed by atoms with E-state index in [-0.39, 0.29) is 38.4 Å². The van der Waals surface area contributed by atoms with Crippen molar-refractivity contribution in [3.8, 4) is 11.1 Å². The van der Waals surface area contributed by atoms with Crippen molar-refractivity contribution >= 4 is 28.3 Å². The fourth-order valence-electron chi connectivity index (χ4n) is 6.00. The zero-order valence-electron chi connectivity index (χ0n) is 20.8. The predicted molar refractivity (Wildman–Crippen MR) is 134 cm³/mol. The van der Waals surface area contributed by atoms with Crippen molar-refractivity contribution < 1.29 is 27.2 Å². The van der Waals surface area contributed by atoms with Crippen LogP contribution in [-0.4, -0.2) is 55.9 Å². The van der Waals surface area contributed by atoms with E-state index >= 15 is 0 Å². The summed E-state index contributed by atoms with van der Waals surface area (Å²) in [5, 5.41) is 1.25. The molecule has 0 bridgehead atoms. The summed E-state index contributed by atoms with van der Waals surface area (Å²) in [5.41, 5.74) is -0.631. The number of benzene rings is 1. The maximum atomic E-state index is 14.0. The minimum Gasteiger partial charge on any atom is -0.339 e. The summed E-state index contributed by atoms with van der Waals surface area (Å²) in [5.74, 6) is -1.73. The number of pyridine rings is 2. The molecule has 0 unspecified atom stereocenters. The normalized spacial score (nSPS) is 18.6. The molecule has 1 aliphatic carbocycles. The van der Waals surface area contributed by atoms with E-state index in [1.807, 2.05) is 0 Å². The van der Waals surface area contributed by atoms with Gasteiger partial charge in [0.25, 0.3) is 0 Å². The number of nitrogens with zero attached hydrogens (tertiary/aromatic N) is 6. The third kappa shape index (κ3) is 3.37. The quantitative estimate of drug-likeness (QED) is 0.355. The minimum absolute atomic E-state index is 0.0112. The van der Waals surface area contributed by atoms with Gasteiger partial charge in [-0.05, 0) is 42.0 Å². The molecule has 3 aromatic heterocycles. The van der Waals surface area contributed by atoms with Gasteiger partial charge in [-0.3, -0.25) is 19.6 Å². The van der Waals surface area contributed by atoms with Crippen molar-refractivity contribution in [3.05, 3.63) is 78.7 Å². The van der Waals surface area contributed by atoms with Crippen LogP contribution in [0, 0.1) is 11.2 Å². The van der Waals surface area contributed by atoms with Gasteiger partial charge in [0.15, 0.2) is 0 Å². The van der Waals surface area contributed by atoms with Gasteiger partial charge in [-0.2, -0.15) is 13.2 Å². The highest BCUT2D eigenvalue weighted by Crippen LogP contribution is 2.60. The highest BCUT2D eigenvalue weighted by molar-refractivity contribution is 6.10.